The third-order valence-electron chi connectivity index (χ3n) is 4.44. The number of likely N-dealkylation sites (tertiary alicyclic amines) is 1. The molecule has 0 spiro atoms. The van der Waals surface area contributed by atoms with Crippen LogP contribution in [-0.2, 0) is 28.4 Å². The van der Waals surface area contributed by atoms with Crippen LogP contribution in [0, 0.1) is 0 Å². The van der Waals surface area contributed by atoms with E-state index in [0.29, 0.717) is 6.61 Å². The Morgan fingerprint density at radius 3 is 1.74 bits per heavy atom. The van der Waals surface area contributed by atoms with E-state index in [2.05, 4.69) is 19.1 Å². The molecule has 1 heterocycles. The van der Waals surface area contributed by atoms with E-state index in [1.165, 1.54) is 12.8 Å². The molecule has 0 aromatic rings. The van der Waals surface area contributed by atoms with Crippen molar-refractivity contribution in [2.45, 2.75) is 37.3 Å². The fourth-order valence-corrected chi connectivity index (χ4v) is 2.92. The second kappa shape index (κ2) is 17.7. The minimum Gasteiger partial charge on any atom is -0.394 e. The van der Waals surface area contributed by atoms with Gasteiger partial charge >= 0.3 is 12.2 Å². The molecule has 0 aromatic heterocycles. The number of hydrogen-bond donors (Lipinski definition) is 3. The topological polar surface area (TPSA) is 119 Å². The average Bonchev–Trinajstić information content (AvgIpc) is 3.26. The van der Waals surface area contributed by atoms with Crippen LogP contribution in [0.1, 0.15) is 12.8 Å². The van der Waals surface area contributed by atoms with Crippen LogP contribution < -0.4 is 0 Å². The van der Waals surface area contributed by atoms with Gasteiger partial charge in [0.15, 0.2) is 0 Å². The van der Waals surface area contributed by atoms with Crippen molar-refractivity contribution < 1.29 is 61.3 Å². The molecule has 34 heavy (non-hydrogen) atoms. The van der Waals surface area contributed by atoms with Gasteiger partial charge in [-0.2, -0.15) is 17.6 Å². The van der Waals surface area contributed by atoms with Crippen LogP contribution in [-0.4, -0.2) is 137 Å². The normalized spacial score (nSPS) is 17.4. The quantitative estimate of drug-likeness (QED) is 0.136. The van der Waals surface area contributed by atoms with E-state index in [0.717, 1.165) is 19.6 Å². The van der Waals surface area contributed by atoms with Gasteiger partial charge in [0.1, 0.15) is 25.4 Å². The molecule has 2 atom stereocenters. The molecule has 14 heteroatoms. The Labute approximate surface area is 196 Å². The number of rotatable bonds is 22. The van der Waals surface area contributed by atoms with Crippen molar-refractivity contribution in [2.24, 2.45) is 0 Å². The minimum atomic E-state index is -4.33. The van der Waals surface area contributed by atoms with Crippen molar-refractivity contribution >= 4 is 0 Å². The first-order valence-electron chi connectivity index (χ1n) is 11.2. The molecule has 0 saturated carbocycles. The zero-order valence-electron chi connectivity index (χ0n) is 19.2. The Morgan fingerprint density at radius 2 is 1.15 bits per heavy atom. The standard InChI is InChI=1S/C20H37F4NO9/c21-19(22,34-20(23,24)16-33-14-18(28)12-30-8-6-26)15-32-10-9-31-13-17(27)11-29-7-5-25-3-1-2-4-25/h17-18,26-28H,1-16H2. The van der Waals surface area contributed by atoms with Crippen LogP contribution in [0.3, 0.4) is 0 Å². The summed E-state index contributed by atoms with van der Waals surface area (Å²) in [5.41, 5.74) is 0. The number of hydrogen-bond acceptors (Lipinski definition) is 10. The predicted molar refractivity (Wildman–Crippen MR) is 110 cm³/mol. The molecule has 1 fully saturated rings. The maximum absolute atomic E-state index is 13.6. The van der Waals surface area contributed by atoms with Crippen LogP contribution in [0.5, 0.6) is 0 Å². The van der Waals surface area contributed by atoms with Gasteiger partial charge in [-0.05, 0) is 25.9 Å². The minimum absolute atomic E-state index is 0.0540. The van der Waals surface area contributed by atoms with Gasteiger partial charge in [-0.25, -0.2) is 0 Å². The highest BCUT2D eigenvalue weighted by Crippen LogP contribution is 2.27. The first-order valence-corrected chi connectivity index (χ1v) is 11.2. The molecule has 1 saturated heterocycles. The largest absolute Gasteiger partial charge is 0.394 e. The summed E-state index contributed by atoms with van der Waals surface area (Å²) in [7, 11) is 0. The first-order chi connectivity index (χ1) is 16.1. The van der Waals surface area contributed by atoms with Gasteiger partial charge < -0.3 is 43.9 Å². The summed E-state index contributed by atoms with van der Waals surface area (Å²) in [6, 6.07) is 0. The van der Waals surface area contributed by atoms with Gasteiger partial charge in [0.25, 0.3) is 0 Å². The molecular weight excluding hydrogens is 474 g/mol. The zero-order chi connectivity index (χ0) is 25.3. The average molecular weight is 512 g/mol. The molecule has 0 bridgehead atoms. The molecular formula is C20H37F4NO9. The fraction of sp³-hybridized carbons (Fsp3) is 1.00. The summed E-state index contributed by atoms with van der Waals surface area (Å²) in [4.78, 5) is 2.27. The summed E-state index contributed by atoms with van der Waals surface area (Å²) in [6.07, 6.45) is -8.41. The van der Waals surface area contributed by atoms with Crippen molar-refractivity contribution in [1.82, 2.24) is 4.90 Å². The van der Waals surface area contributed by atoms with Crippen LogP contribution in [0.4, 0.5) is 17.6 Å². The second-order valence-corrected chi connectivity index (χ2v) is 7.75. The zero-order valence-corrected chi connectivity index (χ0v) is 19.2. The SMILES string of the molecule is OCCOCC(O)COCC(F)(F)OC(F)(F)COCCOCC(O)COCCN1CCCC1. The molecule has 1 aliphatic heterocycles. The van der Waals surface area contributed by atoms with Gasteiger partial charge in [-0.3, -0.25) is 4.74 Å². The Hall–Kier alpha value is -0.680. The van der Waals surface area contributed by atoms with Gasteiger partial charge in [0.2, 0.25) is 0 Å². The first kappa shape index (κ1) is 31.4. The van der Waals surface area contributed by atoms with E-state index in [4.69, 9.17) is 19.3 Å². The van der Waals surface area contributed by atoms with Crippen molar-refractivity contribution in [3.8, 4) is 0 Å². The Bertz CT molecular complexity index is 503. The maximum Gasteiger partial charge on any atom is 0.383 e. The molecule has 0 amide bonds. The van der Waals surface area contributed by atoms with Gasteiger partial charge in [-0.1, -0.05) is 0 Å². The molecule has 0 aromatic carbocycles. The molecule has 0 radical (unpaired) electrons. The lowest BCUT2D eigenvalue weighted by Crippen LogP contribution is -2.40. The highest BCUT2D eigenvalue weighted by atomic mass is 19.3. The van der Waals surface area contributed by atoms with Crippen LogP contribution in [0.25, 0.3) is 0 Å². The van der Waals surface area contributed by atoms with E-state index in [-0.39, 0.29) is 46.2 Å². The van der Waals surface area contributed by atoms with Gasteiger partial charge in [-0.15, -0.1) is 0 Å². The number of nitrogens with zero attached hydrogens (tertiary/aromatic N) is 1. The second-order valence-electron chi connectivity index (χ2n) is 7.75. The summed E-state index contributed by atoms with van der Waals surface area (Å²) < 4.78 is 81.9. The van der Waals surface area contributed by atoms with Crippen molar-refractivity contribution in [1.29, 1.82) is 0 Å². The smallest absolute Gasteiger partial charge is 0.383 e. The molecule has 1 rings (SSSR count). The number of aliphatic hydroxyl groups is 3. The third-order valence-corrected chi connectivity index (χ3v) is 4.44. The van der Waals surface area contributed by atoms with Crippen molar-refractivity contribution in [2.75, 3.05) is 92.3 Å². The van der Waals surface area contributed by atoms with Gasteiger partial charge in [0, 0.05) is 6.54 Å². The lowest BCUT2D eigenvalue weighted by molar-refractivity contribution is -0.394. The van der Waals surface area contributed by atoms with Crippen LogP contribution in [0.15, 0.2) is 0 Å². The highest BCUT2D eigenvalue weighted by molar-refractivity contribution is 4.65. The van der Waals surface area contributed by atoms with Crippen LogP contribution >= 0.6 is 0 Å². The van der Waals surface area contributed by atoms with Crippen molar-refractivity contribution in [3.63, 3.8) is 0 Å². The fourth-order valence-electron chi connectivity index (χ4n) is 2.92. The number of alkyl halides is 4. The lowest BCUT2D eigenvalue weighted by Gasteiger charge is -2.24. The highest BCUT2D eigenvalue weighted by Gasteiger charge is 2.44. The molecule has 2 unspecified atom stereocenters. The Balaban J connectivity index is 2.03. The van der Waals surface area contributed by atoms with Crippen LogP contribution in [0.2, 0.25) is 0 Å². The van der Waals surface area contributed by atoms with E-state index < -0.39 is 44.2 Å². The molecule has 10 nitrogen and oxygen atoms in total. The Kier molecular flexibility index (Phi) is 16.3. The summed E-state index contributed by atoms with van der Waals surface area (Å²) >= 11 is 0. The molecule has 1 aliphatic rings. The molecule has 0 aliphatic carbocycles. The maximum atomic E-state index is 13.6. The summed E-state index contributed by atoms with van der Waals surface area (Å²) in [6.45, 7) is -1.25. The third kappa shape index (κ3) is 16.9. The van der Waals surface area contributed by atoms with E-state index >= 15 is 0 Å². The van der Waals surface area contributed by atoms with E-state index in [1.807, 2.05) is 0 Å². The van der Waals surface area contributed by atoms with Crippen molar-refractivity contribution in [3.05, 3.63) is 0 Å². The van der Waals surface area contributed by atoms with E-state index in [1.54, 1.807) is 0 Å². The molecule has 204 valence electrons. The monoisotopic (exact) mass is 511 g/mol. The predicted octanol–water partition coefficient (Wildman–Crippen LogP) is 0.0815. The molecule has 3 N–H and O–H groups in total. The van der Waals surface area contributed by atoms with E-state index in [9.17, 15) is 27.8 Å². The summed E-state index contributed by atoms with van der Waals surface area (Å²) in [5.74, 6) is 0. The summed E-state index contributed by atoms with van der Waals surface area (Å²) in [5, 5.41) is 27.6. The lowest BCUT2D eigenvalue weighted by atomic mass is 10.4. The number of halogens is 4. The number of ether oxygens (including phenoxy) is 6. The number of aliphatic hydroxyl groups excluding tert-OH is 3. The Morgan fingerprint density at radius 1 is 0.676 bits per heavy atom. The van der Waals surface area contributed by atoms with Gasteiger partial charge in [0.05, 0.1) is 59.5 Å².